The molecule has 1 aliphatic heterocycles. The summed E-state index contributed by atoms with van der Waals surface area (Å²) in [6.07, 6.45) is 2.22. The Kier molecular flexibility index (Phi) is 6.41. The van der Waals surface area contributed by atoms with Gasteiger partial charge in [-0.3, -0.25) is 15.0 Å². The first kappa shape index (κ1) is 21.4. The zero-order valence-corrected chi connectivity index (χ0v) is 17.3. The topological polar surface area (TPSA) is 105 Å². The summed E-state index contributed by atoms with van der Waals surface area (Å²) in [6.45, 7) is 1.13. The molecule has 1 heterocycles. The van der Waals surface area contributed by atoms with Gasteiger partial charge in [-0.15, -0.1) is 11.8 Å². The van der Waals surface area contributed by atoms with Crippen LogP contribution in [0.3, 0.4) is 0 Å². The van der Waals surface area contributed by atoms with Crippen LogP contribution in [0.4, 0.5) is 4.79 Å². The molecule has 2 N–H and O–H groups in total. The number of amides is 4. The molecule has 0 radical (unpaired) electrons. The fourth-order valence-corrected chi connectivity index (χ4v) is 3.55. The van der Waals surface area contributed by atoms with Crippen LogP contribution in [0.2, 0.25) is 0 Å². The highest BCUT2D eigenvalue weighted by atomic mass is 32.2. The number of hydrazine groups is 1. The molecule has 0 saturated carbocycles. The van der Waals surface area contributed by atoms with E-state index >= 15 is 0 Å². The predicted molar refractivity (Wildman–Crippen MR) is 110 cm³/mol. The Morgan fingerprint density at radius 1 is 1.10 bits per heavy atom. The van der Waals surface area contributed by atoms with Crippen LogP contribution in [0.5, 0.6) is 0 Å². The number of nitrogens with one attached hydrogen (secondary N) is 2. The third-order valence-corrected chi connectivity index (χ3v) is 5.53. The lowest BCUT2D eigenvalue weighted by atomic mass is 9.87. The highest BCUT2D eigenvalue weighted by molar-refractivity contribution is 7.98. The van der Waals surface area contributed by atoms with Crippen LogP contribution in [-0.4, -0.2) is 41.7 Å². The average molecular weight is 427 g/mol. The molecular formula is C21H21N3O5S. The van der Waals surface area contributed by atoms with Crippen LogP contribution in [0, 0.1) is 0 Å². The van der Waals surface area contributed by atoms with Gasteiger partial charge in [-0.05, 0) is 42.5 Å². The van der Waals surface area contributed by atoms with Gasteiger partial charge in [0.15, 0.2) is 6.61 Å². The van der Waals surface area contributed by atoms with Gasteiger partial charge >= 0.3 is 12.0 Å². The number of nitrogens with zero attached hydrogens (tertiary/aromatic N) is 1. The van der Waals surface area contributed by atoms with Gasteiger partial charge in [0.2, 0.25) is 0 Å². The van der Waals surface area contributed by atoms with Crippen molar-refractivity contribution in [3.8, 4) is 0 Å². The van der Waals surface area contributed by atoms with Crippen LogP contribution in [0.25, 0.3) is 0 Å². The van der Waals surface area contributed by atoms with Crippen molar-refractivity contribution >= 4 is 35.6 Å². The summed E-state index contributed by atoms with van der Waals surface area (Å²) in [4.78, 5) is 50.6. The van der Waals surface area contributed by atoms with Crippen molar-refractivity contribution in [3.05, 3.63) is 65.7 Å². The number of hydrogen-bond acceptors (Lipinski definition) is 6. The molecule has 2 aromatic carbocycles. The maximum Gasteiger partial charge on any atom is 0.344 e. The number of rotatable bonds is 7. The SMILES string of the molecule is CCC1(c2ccccc2)NC(=O)N(NC(=O)COC(=O)c2ccc(SC)cc2)C1=O. The molecule has 3 rings (SSSR count). The second kappa shape index (κ2) is 9.00. The number of imide groups is 1. The maximum atomic E-state index is 12.9. The monoisotopic (exact) mass is 427 g/mol. The van der Waals surface area contributed by atoms with E-state index in [1.807, 2.05) is 6.26 Å². The molecule has 156 valence electrons. The summed E-state index contributed by atoms with van der Waals surface area (Å²) >= 11 is 1.53. The second-order valence-corrected chi connectivity index (χ2v) is 7.41. The largest absolute Gasteiger partial charge is 0.452 e. The van der Waals surface area contributed by atoms with Crippen molar-refractivity contribution in [2.45, 2.75) is 23.8 Å². The van der Waals surface area contributed by atoms with Crippen molar-refractivity contribution in [2.75, 3.05) is 12.9 Å². The normalized spacial score (nSPS) is 18.1. The molecule has 1 aliphatic rings. The van der Waals surface area contributed by atoms with E-state index in [2.05, 4.69) is 10.7 Å². The van der Waals surface area contributed by atoms with Crippen molar-refractivity contribution < 1.29 is 23.9 Å². The molecule has 30 heavy (non-hydrogen) atoms. The molecule has 0 aliphatic carbocycles. The summed E-state index contributed by atoms with van der Waals surface area (Å²) in [5.74, 6) is -2.08. The number of carbonyl (C=O) groups is 4. The molecule has 8 nitrogen and oxygen atoms in total. The molecule has 4 amide bonds. The molecule has 1 unspecified atom stereocenters. The van der Waals surface area contributed by atoms with E-state index in [-0.39, 0.29) is 0 Å². The Labute approximate surface area is 177 Å². The summed E-state index contributed by atoms with van der Waals surface area (Å²) in [5, 5.41) is 3.28. The van der Waals surface area contributed by atoms with E-state index in [4.69, 9.17) is 4.74 Å². The van der Waals surface area contributed by atoms with Gasteiger partial charge < -0.3 is 10.1 Å². The lowest BCUT2D eigenvalue weighted by molar-refractivity contribution is -0.140. The molecule has 1 saturated heterocycles. The third kappa shape index (κ3) is 4.16. The number of hydrogen-bond donors (Lipinski definition) is 2. The number of thioether (sulfide) groups is 1. The van der Waals surface area contributed by atoms with E-state index < -0.39 is 36.0 Å². The van der Waals surface area contributed by atoms with Crippen LogP contribution in [-0.2, 0) is 19.9 Å². The Bertz CT molecular complexity index is 964. The van der Waals surface area contributed by atoms with Gasteiger partial charge in [0.1, 0.15) is 5.54 Å². The number of urea groups is 1. The van der Waals surface area contributed by atoms with Gasteiger partial charge in [-0.2, -0.15) is 5.01 Å². The summed E-state index contributed by atoms with van der Waals surface area (Å²) in [7, 11) is 0. The minimum absolute atomic E-state index is 0.296. The van der Waals surface area contributed by atoms with Gasteiger partial charge in [0.05, 0.1) is 5.56 Å². The second-order valence-electron chi connectivity index (χ2n) is 6.54. The quantitative estimate of drug-likeness (QED) is 0.400. The fraction of sp³-hybridized carbons (Fsp3) is 0.238. The number of esters is 1. The van der Waals surface area contributed by atoms with Gasteiger partial charge in [0.25, 0.3) is 11.8 Å². The Balaban J connectivity index is 1.63. The molecule has 0 aromatic heterocycles. The van der Waals surface area contributed by atoms with E-state index in [0.29, 0.717) is 22.6 Å². The molecule has 1 atom stereocenters. The highest BCUT2D eigenvalue weighted by Gasteiger charge is 2.52. The number of carbonyl (C=O) groups excluding carboxylic acids is 4. The Morgan fingerprint density at radius 2 is 1.77 bits per heavy atom. The van der Waals surface area contributed by atoms with Crippen LogP contribution < -0.4 is 10.7 Å². The lowest BCUT2D eigenvalue weighted by Crippen LogP contribution is -2.49. The Morgan fingerprint density at radius 3 is 2.37 bits per heavy atom. The van der Waals surface area contributed by atoms with Crippen molar-refractivity contribution in [1.82, 2.24) is 15.8 Å². The number of benzene rings is 2. The van der Waals surface area contributed by atoms with Gasteiger partial charge in [0, 0.05) is 4.90 Å². The van der Waals surface area contributed by atoms with Gasteiger partial charge in [-0.25, -0.2) is 9.59 Å². The number of ether oxygens (including phenoxy) is 1. The minimum Gasteiger partial charge on any atom is -0.452 e. The molecule has 2 aromatic rings. The van der Waals surface area contributed by atoms with E-state index in [1.54, 1.807) is 61.5 Å². The molecule has 0 spiro atoms. The van der Waals surface area contributed by atoms with Crippen LogP contribution >= 0.6 is 11.8 Å². The zero-order chi connectivity index (χ0) is 21.7. The molecule has 1 fully saturated rings. The van der Waals surface area contributed by atoms with E-state index in [1.165, 1.54) is 11.8 Å². The standard InChI is InChI=1S/C21H21N3O5S/c1-3-21(15-7-5-4-6-8-15)19(27)24(20(28)22-21)23-17(25)13-29-18(26)14-9-11-16(30-2)12-10-14/h4-12H,3,13H2,1-2H3,(H,22,28)(H,23,25). The third-order valence-electron chi connectivity index (χ3n) is 4.79. The Hall–Kier alpha value is -3.33. The smallest absolute Gasteiger partial charge is 0.344 e. The first-order valence-electron chi connectivity index (χ1n) is 9.24. The fourth-order valence-electron chi connectivity index (χ4n) is 3.14. The average Bonchev–Trinajstić information content (AvgIpc) is 3.03. The first-order valence-corrected chi connectivity index (χ1v) is 10.5. The predicted octanol–water partition coefficient (Wildman–Crippen LogP) is 2.45. The first-order chi connectivity index (χ1) is 14.4. The lowest BCUT2D eigenvalue weighted by Gasteiger charge is -2.25. The molecular weight excluding hydrogens is 406 g/mol. The van der Waals surface area contributed by atoms with Crippen LogP contribution in [0.15, 0.2) is 59.5 Å². The zero-order valence-electron chi connectivity index (χ0n) is 16.5. The summed E-state index contributed by atoms with van der Waals surface area (Å²) in [6, 6.07) is 14.8. The molecule has 0 bridgehead atoms. The van der Waals surface area contributed by atoms with Crippen molar-refractivity contribution in [1.29, 1.82) is 0 Å². The van der Waals surface area contributed by atoms with E-state index in [0.717, 1.165) is 4.90 Å². The van der Waals surface area contributed by atoms with Gasteiger partial charge in [-0.1, -0.05) is 37.3 Å². The summed E-state index contributed by atoms with van der Waals surface area (Å²) in [5.41, 5.74) is 1.86. The van der Waals surface area contributed by atoms with Crippen molar-refractivity contribution in [2.24, 2.45) is 0 Å². The van der Waals surface area contributed by atoms with Crippen LogP contribution in [0.1, 0.15) is 29.3 Å². The minimum atomic E-state index is -1.26. The highest BCUT2D eigenvalue weighted by Crippen LogP contribution is 2.31. The van der Waals surface area contributed by atoms with E-state index in [9.17, 15) is 19.2 Å². The van der Waals surface area contributed by atoms with Crippen molar-refractivity contribution in [3.63, 3.8) is 0 Å². The maximum absolute atomic E-state index is 12.9. The molecule has 9 heteroatoms. The summed E-state index contributed by atoms with van der Waals surface area (Å²) < 4.78 is 4.98.